The van der Waals surface area contributed by atoms with E-state index < -0.39 is 29.7 Å². The number of amides is 3. The number of benzene rings is 2. The van der Waals surface area contributed by atoms with Crippen LogP contribution < -0.4 is 30.2 Å². The molecule has 212 valence electrons. The van der Waals surface area contributed by atoms with Gasteiger partial charge in [0.1, 0.15) is 28.9 Å². The highest BCUT2D eigenvalue weighted by Crippen LogP contribution is 2.34. The third-order valence-corrected chi connectivity index (χ3v) is 5.41. The average molecular weight is 542 g/mol. The molecule has 3 amide bonds. The molecule has 0 saturated heterocycles. The van der Waals surface area contributed by atoms with Gasteiger partial charge in [0.2, 0.25) is 5.91 Å². The Morgan fingerprint density at radius 1 is 0.974 bits per heavy atom. The van der Waals surface area contributed by atoms with Crippen molar-refractivity contribution in [3.63, 3.8) is 0 Å². The zero-order valence-electron chi connectivity index (χ0n) is 23.5. The second-order valence-corrected chi connectivity index (χ2v) is 9.58. The highest BCUT2D eigenvalue weighted by molar-refractivity contribution is 5.86. The van der Waals surface area contributed by atoms with Crippen molar-refractivity contribution >= 4 is 17.9 Å². The van der Waals surface area contributed by atoms with Crippen molar-refractivity contribution < 1.29 is 33.3 Å². The van der Waals surface area contributed by atoms with Gasteiger partial charge in [-0.05, 0) is 63.9 Å². The molecule has 0 bridgehead atoms. The third-order valence-electron chi connectivity index (χ3n) is 5.41. The first-order valence-electron chi connectivity index (χ1n) is 12.6. The lowest BCUT2D eigenvalue weighted by Gasteiger charge is -2.26. The molecule has 0 aliphatic heterocycles. The molecule has 0 aliphatic carbocycles. The molecule has 0 aromatic heterocycles. The second-order valence-electron chi connectivity index (χ2n) is 9.58. The molecule has 0 fully saturated rings. The van der Waals surface area contributed by atoms with Crippen LogP contribution in [-0.2, 0) is 14.3 Å². The van der Waals surface area contributed by atoms with Crippen LogP contribution in [0.1, 0.15) is 51.3 Å². The summed E-state index contributed by atoms with van der Waals surface area (Å²) in [6.07, 6.45) is 1.02. The number of hydrogen-bond acceptors (Lipinski definition) is 7. The fourth-order valence-electron chi connectivity index (χ4n) is 3.64. The molecule has 1 unspecified atom stereocenters. The van der Waals surface area contributed by atoms with E-state index in [1.807, 2.05) is 6.92 Å². The molecule has 0 aliphatic rings. The van der Waals surface area contributed by atoms with Gasteiger partial charge in [-0.25, -0.2) is 4.79 Å². The summed E-state index contributed by atoms with van der Waals surface area (Å²) < 4.78 is 21.8. The molecule has 2 aromatic carbocycles. The van der Waals surface area contributed by atoms with Gasteiger partial charge in [-0.2, -0.15) is 0 Å². The topological polar surface area (TPSA) is 124 Å². The highest BCUT2D eigenvalue weighted by atomic mass is 16.6. The number of carbonyl (C=O) groups is 3. The van der Waals surface area contributed by atoms with Crippen molar-refractivity contribution in [1.29, 1.82) is 0 Å². The molecule has 0 spiro atoms. The van der Waals surface area contributed by atoms with Gasteiger partial charge in [0, 0.05) is 18.2 Å². The number of nitrogens with one attached hydrogen (secondary N) is 3. The van der Waals surface area contributed by atoms with Crippen molar-refractivity contribution in [2.75, 3.05) is 27.4 Å². The largest absolute Gasteiger partial charge is 0.497 e. The van der Waals surface area contributed by atoms with E-state index in [9.17, 15) is 14.4 Å². The Labute approximate surface area is 230 Å². The summed E-state index contributed by atoms with van der Waals surface area (Å²) in [5, 5.41) is 8.32. The molecule has 2 rings (SSSR count). The lowest BCUT2D eigenvalue weighted by atomic mass is 9.96. The quantitative estimate of drug-likeness (QED) is 0.329. The number of rotatable bonds is 13. The molecule has 0 saturated carbocycles. The number of ether oxygens (including phenoxy) is 4. The number of alkyl carbamates (subject to hydrolysis) is 1. The Kier molecular flexibility index (Phi) is 11.7. The van der Waals surface area contributed by atoms with E-state index in [2.05, 4.69) is 22.5 Å². The molecular weight excluding hydrogens is 502 g/mol. The monoisotopic (exact) mass is 541 g/mol. The smallest absolute Gasteiger partial charge is 0.408 e. The van der Waals surface area contributed by atoms with Crippen molar-refractivity contribution in [1.82, 2.24) is 16.0 Å². The zero-order chi connectivity index (χ0) is 29.0. The maximum atomic E-state index is 13.5. The van der Waals surface area contributed by atoms with Crippen molar-refractivity contribution in [2.45, 2.75) is 51.8 Å². The number of carbonyl (C=O) groups excluding carboxylic acids is 3. The van der Waals surface area contributed by atoms with E-state index in [-0.39, 0.29) is 18.9 Å². The first-order chi connectivity index (χ1) is 18.5. The Morgan fingerprint density at radius 2 is 1.64 bits per heavy atom. The van der Waals surface area contributed by atoms with Crippen LogP contribution >= 0.6 is 0 Å². The molecule has 2 aromatic rings. The normalized spacial score (nSPS) is 12.4. The molecule has 10 heteroatoms. The maximum absolute atomic E-state index is 13.5. The second kappa shape index (κ2) is 14.7. The summed E-state index contributed by atoms with van der Waals surface area (Å²) in [4.78, 5) is 37.6. The van der Waals surface area contributed by atoms with Crippen LogP contribution in [0.15, 0.2) is 55.1 Å². The van der Waals surface area contributed by atoms with Crippen LogP contribution in [0, 0.1) is 0 Å². The van der Waals surface area contributed by atoms with E-state index in [0.29, 0.717) is 34.9 Å². The van der Waals surface area contributed by atoms with E-state index >= 15 is 0 Å². The van der Waals surface area contributed by atoms with Crippen LogP contribution in [0.5, 0.6) is 17.2 Å². The number of likely N-dealkylation sites (N-methyl/N-ethyl adjacent to an activating group) is 1. The predicted octanol–water partition coefficient (Wildman–Crippen LogP) is 3.89. The van der Waals surface area contributed by atoms with E-state index in [4.69, 9.17) is 18.9 Å². The highest BCUT2D eigenvalue weighted by Gasteiger charge is 2.28. The Hall–Kier alpha value is -4.21. The third kappa shape index (κ3) is 9.88. The van der Waals surface area contributed by atoms with Gasteiger partial charge in [-0.3, -0.25) is 9.59 Å². The van der Waals surface area contributed by atoms with Gasteiger partial charge in [0.05, 0.1) is 20.3 Å². The summed E-state index contributed by atoms with van der Waals surface area (Å²) in [6, 6.07) is 10.7. The standard InChI is InChI=1S/C29H39N3O7/c1-8-10-23(31-28(35)39-29(3,4)5)27(34)32-26(22-16-15-21(36-6)17-24(22)37-7)19-11-13-20(14-12-19)38-18-25(33)30-9-2/h8,11-17,23,26H,1,9-10,18H2,2-7H3,(H,30,33)(H,31,35)(H,32,34)/t23-,26?/m0/s1. The van der Waals surface area contributed by atoms with Gasteiger partial charge < -0.3 is 34.9 Å². The van der Waals surface area contributed by atoms with Gasteiger partial charge in [-0.15, -0.1) is 6.58 Å². The summed E-state index contributed by atoms with van der Waals surface area (Å²) >= 11 is 0. The summed E-state index contributed by atoms with van der Waals surface area (Å²) in [6.45, 7) is 11.2. The minimum Gasteiger partial charge on any atom is -0.497 e. The lowest BCUT2D eigenvalue weighted by molar-refractivity contribution is -0.124. The van der Waals surface area contributed by atoms with Crippen LogP contribution in [-0.4, -0.2) is 56.9 Å². The van der Waals surface area contributed by atoms with Crippen LogP contribution in [0.25, 0.3) is 0 Å². The molecule has 2 atom stereocenters. The van der Waals surface area contributed by atoms with Crippen LogP contribution in [0.3, 0.4) is 0 Å². The zero-order valence-corrected chi connectivity index (χ0v) is 23.5. The Bertz CT molecular complexity index is 1130. The van der Waals surface area contributed by atoms with Crippen molar-refractivity contribution in [3.05, 3.63) is 66.2 Å². The minimum absolute atomic E-state index is 0.112. The summed E-state index contributed by atoms with van der Waals surface area (Å²) in [5.41, 5.74) is 0.656. The fraction of sp³-hybridized carbons (Fsp3) is 0.414. The van der Waals surface area contributed by atoms with Gasteiger partial charge in [0.25, 0.3) is 5.91 Å². The summed E-state index contributed by atoms with van der Waals surface area (Å²) in [5.74, 6) is 0.913. The van der Waals surface area contributed by atoms with Crippen LogP contribution in [0.2, 0.25) is 0 Å². The van der Waals surface area contributed by atoms with Crippen molar-refractivity contribution in [2.24, 2.45) is 0 Å². The van der Waals surface area contributed by atoms with E-state index in [1.165, 1.54) is 7.11 Å². The minimum atomic E-state index is -0.927. The average Bonchev–Trinajstić information content (AvgIpc) is 2.89. The molecule has 0 radical (unpaired) electrons. The molecular formula is C29H39N3O7. The molecule has 3 N–H and O–H groups in total. The molecule has 39 heavy (non-hydrogen) atoms. The van der Waals surface area contributed by atoms with Gasteiger partial charge in [-0.1, -0.05) is 18.2 Å². The van der Waals surface area contributed by atoms with E-state index in [1.54, 1.807) is 76.4 Å². The van der Waals surface area contributed by atoms with E-state index in [0.717, 1.165) is 0 Å². The SMILES string of the molecule is C=CC[C@H](NC(=O)OC(C)(C)C)C(=O)NC(c1ccc(OCC(=O)NCC)cc1)c1ccc(OC)cc1OC. The fourth-order valence-corrected chi connectivity index (χ4v) is 3.64. The first kappa shape index (κ1) is 31.0. The summed E-state index contributed by atoms with van der Waals surface area (Å²) in [7, 11) is 3.08. The predicted molar refractivity (Wildman–Crippen MR) is 148 cm³/mol. The molecule has 0 heterocycles. The van der Waals surface area contributed by atoms with Gasteiger partial charge in [0.15, 0.2) is 6.61 Å². The maximum Gasteiger partial charge on any atom is 0.408 e. The number of hydrogen-bond donors (Lipinski definition) is 3. The lowest BCUT2D eigenvalue weighted by Crippen LogP contribution is -2.48. The molecule has 10 nitrogen and oxygen atoms in total. The number of methoxy groups -OCH3 is 2. The van der Waals surface area contributed by atoms with Gasteiger partial charge >= 0.3 is 6.09 Å². The van der Waals surface area contributed by atoms with Crippen molar-refractivity contribution in [3.8, 4) is 17.2 Å². The first-order valence-corrected chi connectivity index (χ1v) is 12.6. The Morgan fingerprint density at radius 3 is 2.21 bits per heavy atom. The Balaban J connectivity index is 2.38. The van der Waals surface area contributed by atoms with Crippen LogP contribution in [0.4, 0.5) is 4.79 Å².